The lowest BCUT2D eigenvalue weighted by molar-refractivity contribution is -0.140. The van der Waals surface area contributed by atoms with Crippen molar-refractivity contribution in [3.63, 3.8) is 0 Å². The lowest BCUT2D eigenvalue weighted by Gasteiger charge is -2.34. The number of carbonyl (C=O) groups is 2. The summed E-state index contributed by atoms with van der Waals surface area (Å²) < 4.78 is 29.2. The highest BCUT2D eigenvalue weighted by molar-refractivity contribution is 7.92. The molecule has 3 aromatic carbocycles. The molecule has 0 spiro atoms. The number of amides is 2. The second-order valence-electron chi connectivity index (χ2n) is 11.5. The summed E-state index contributed by atoms with van der Waals surface area (Å²) in [7, 11) is -4.16. The van der Waals surface area contributed by atoms with Gasteiger partial charge in [0.05, 0.1) is 10.6 Å². The third-order valence-electron chi connectivity index (χ3n) is 8.14. The molecule has 1 saturated carbocycles. The highest BCUT2D eigenvalue weighted by atomic mass is 35.5. The molecule has 3 aromatic rings. The fourth-order valence-corrected chi connectivity index (χ4v) is 7.04. The van der Waals surface area contributed by atoms with Crippen LogP contribution in [0.5, 0.6) is 0 Å². The molecule has 230 valence electrons. The molecule has 7 nitrogen and oxygen atoms in total. The van der Waals surface area contributed by atoms with E-state index < -0.39 is 28.5 Å². The smallest absolute Gasteiger partial charge is 0.264 e. The van der Waals surface area contributed by atoms with E-state index >= 15 is 0 Å². The van der Waals surface area contributed by atoms with E-state index in [1.54, 1.807) is 30.3 Å². The first-order valence-electron chi connectivity index (χ1n) is 15.0. The lowest BCUT2D eigenvalue weighted by Crippen LogP contribution is -2.54. The second kappa shape index (κ2) is 14.4. The molecule has 2 amide bonds. The van der Waals surface area contributed by atoms with Gasteiger partial charge in [-0.15, -0.1) is 0 Å². The van der Waals surface area contributed by atoms with Crippen LogP contribution < -0.4 is 9.62 Å². The molecule has 1 fully saturated rings. The van der Waals surface area contributed by atoms with Gasteiger partial charge in [0.2, 0.25) is 11.8 Å². The number of aryl methyl sites for hydroxylation is 3. The van der Waals surface area contributed by atoms with Crippen molar-refractivity contribution in [3.8, 4) is 0 Å². The summed E-state index contributed by atoms with van der Waals surface area (Å²) in [4.78, 5) is 29.5. The van der Waals surface area contributed by atoms with Crippen molar-refractivity contribution in [1.29, 1.82) is 0 Å². The molecular formula is C34H42ClN3O4S. The zero-order valence-electron chi connectivity index (χ0n) is 25.5. The van der Waals surface area contributed by atoms with E-state index in [2.05, 4.69) is 5.32 Å². The van der Waals surface area contributed by atoms with Gasteiger partial charge in [0.15, 0.2) is 0 Å². The fraction of sp³-hybridized carbons (Fsp3) is 0.412. The van der Waals surface area contributed by atoms with Gasteiger partial charge in [-0.05, 0) is 75.4 Å². The number of nitrogens with zero attached hydrogens (tertiary/aromatic N) is 2. The van der Waals surface area contributed by atoms with Crippen molar-refractivity contribution in [1.82, 2.24) is 10.2 Å². The highest BCUT2D eigenvalue weighted by Crippen LogP contribution is 2.29. The SMILES string of the molecule is CC[C@@H](C(=O)NC1CCCCC1)N(Cc1ccc(C)cc1)C(=O)CN(c1ccc(C)c(Cl)c1)S(=O)(=O)c1ccc(C)cc1. The number of rotatable bonds is 11. The molecule has 1 aliphatic rings. The van der Waals surface area contributed by atoms with Crippen LogP contribution >= 0.6 is 11.6 Å². The first-order chi connectivity index (χ1) is 20.5. The van der Waals surface area contributed by atoms with Gasteiger partial charge in [-0.25, -0.2) is 8.42 Å². The summed E-state index contributed by atoms with van der Waals surface area (Å²) in [5.41, 5.74) is 3.92. The van der Waals surface area contributed by atoms with Crippen LogP contribution in [0.25, 0.3) is 0 Å². The van der Waals surface area contributed by atoms with Crippen molar-refractivity contribution in [2.24, 2.45) is 0 Å². The van der Waals surface area contributed by atoms with Crippen LogP contribution in [0.4, 0.5) is 5.69 Å². The molecule has 4 rings (SSSR count). The Kier molecular flexibility index (Phi) is 10.9. The van der Waals surface area contributed by atoms with Gasteiger partial charge in [-0.1, -0.05) is 91.4 Å². The van der Waals surface area contributed by atoms with Crippen LogP contribution in [-0.4, -0.2) is 43.8 Å². The second-order valence-corrected chi connectivity index (χ2v) is 13.8. The third-order valence-corrected chi connectivity index (χ3v) is 10.3. The predicted molar refractivity (Wildman–Crippen MR) is 173 cm³/mol. The van der Waals surface area contributed by atoms with E-state index in [4.69, 9.17) is 11.6 Å². The molecule has 0 heterocycles. The van der Waals surface area contributed by atoms with Gasteiger partial charge in [0.25, 0.3) is 10.0 Å². The molecule has 9 heteroatoms. The Bertz CT molecular complexity index is 1520. The Morgan fingerprint density at radius 2 is 1.51 bits per heavy atom. The maximum atomic E-state index is 14.3. The molecule has 43 heavy (non-hydrogen) atoms. The number of benzene rings is 3. The zero-order valence-corrected chi connectivity index (χ0v) is 27.0. The van der Waals surface area contributed by atoms with Crippen molar-refractivity contribution in [2.45, 2.75) is 89.7 Å². The number of anilines is 1. The molecule has 0 saturated heterocycles. The van der Waals surface area contributed by atoms with Crippen LogP contribution in [0, 0.1) is 20.8 Å². The molecule has 0 bridgehead atoms. The minimum atomic E-state index is -4.16. The first kappa shape index (κ1) is 32.6. The van der Waals surface area contributed by atoms with Crippen molar-refractivity contribution < 1.29 is 18.0 Å². The largest absolute Gasteiger partial charge is 0.352 e. The molecular weight excluding hydrogens is 582 g/mol. The average Bonchev–Trinajstić information content (AvgIpc) is 2.99. The standard InChI is InChI=1S/C34H42ClN3O4S/c1-5-32(34(40)36-28-9-7-6-8-10-28)37(22-27-16-11-24(2)12-17-27)33(39)23-38(29-18-15-26(4)31(35)21-29)43(41,42)30-19-13-25(3)14-20-30/h11-21,28,32H,5-10,22-23H2,1-4H3,(H,36,40)/t32-/m0/s1. The number of carbonyl (C=O) groups excluding carboxylic acids is 2. The Balaban J connectivity index is 1.72. The Morgan fingerprint density at radius 3 is 2.09 bits per heavy atom. The molecule has 0 unspecified atom stereocenters. The number of halogens is 1. The van der Waals surface area contributed by atoms with E-state index in [9.17, 15) is 18.0 Å². The Hall–Kier alpha value is -3.36. The van der Waals surface area contributed by atoms with Gasteiger partial charge in [0.1, 0.15) is 12.6 Å². The maximum Gasteiger partial charge on any atom is 0.264 e. The van der Waals surface area contributed by atoms with E-state index in [1.165, 1.54) is 17.0 Å². The molecule has 1 atom stereocenters. The quantitative estimate of drug-likeness (QED) is 0.257. The molecule has 0 radical (unpaired) electrons. The van der Waals surface area contributed by atoms with Gasteiger partial charge in [-0.2, -0.15) is 0 Å². The van der Waals surface area contributed by atoms with Gasteiger partial charge in [0, 0.05) is 17.6 Å². The number of hydrogen-bond donors (Lipinski definition) is 1. The topological polar surface area (TPSA) is 86.8 Å². The molecule has 1 aliphatic carbocycles. The predicted octanol–water partition coefficient (Wildman–Crippen LogP) is 6.72. The highest BCUT2D eigenvalue weighted by Gasteiger charge is 2.34. The average molecular weight is 624 g/mol. The van der Waals surface area contributed by atoms with Crippen LogP contribution in [0.3, 0.4) is 0 Å². The van der Waals surface area contributed by atoms with Gasteiger partial charge >= 0.3 is 0 Å². The van der Waals surface area contributed by atoms with E-state index in [0.717, 1.165) is 58.7 Å². The minimum absolute atomic E-state index is 0.0646. The first-order valence-corrected chi connectivity index (χ1v) is 16.8. The van der Waals surface area contributed by atoms with E-state index in [-0.39, 0.29) is 29.1 Å². The maximum absolute atomic E-state index is 14.3. The van der Waals surface area contributed by atoms with Gasteiger partial charge in [-0.3, -0.25) is 13.9 Å². The van der Waals surface area contributed by atoms with Crippen LogP contribution in [0.2, 0.25) is 5.02 Å². The lowest BCUT2D eigenvalue weighted by atomic mass is 9.95. The Morgan fingerprint density at radius 1 is 0.907 bits per heavy atom. The van der Waals surface area contributed by atoms with E-state index in [0.29, 0.717) is 11.4 Å². The van der Waals surface area contributed by atoms with Crippen LogP contribution in [-0.2, 0) is 26.2 Å². The molecule has 1 N–H and O–H groups in total. The normalized spacial score (nSPS) is 14.6. The summed E-state index contributed by atoms with van der Waals surface area (Å²) in [6.07, 6.45) is 5.53. The van der Waals surface area contributed by atoms with E-state index in [1.807, 2.05) is 52.0 Å². The molecule has 0 aromatic heterocycles. The minimum Gasteiger partial charge on any atom is -0.352 e. The Labute approximate surface area is 261 Å². The van der Waals surface area contributed by atoms with Crippen molar-refractivity contribution in [3.05, 3.63) is 94.0 Å². The number of hydrogen-bond acceptors (Lipinski definition) is 4. The third kappa shape index (κ3) is 8.18. The number of sulfonamides is 1. The fourth-order valence-electron chi connectivity index (χ4n) is 5.46. The van der Waals surface area contributed by atoms with Crippen LogP contribution in [0.15, 0.2) is 71.6 Å². The molecule has 0 aliphatic heterocycles. The van der Waals surface area contributed by atoms with Crippen molar-refractivity contribution in [2.75, 3.05) is 10.8 Å². The summed E-state index contributed by atoms with van der Waals surface area (Å²) in [5, 5.41) is 3.57. The van der Waals surface area contributed by atoms with Gasteiger partial charge < -0.3 is 10.2 Å². The van der Waals surface area contributed by atoms with Crippen molar-refractivity contribution >= 4 is 39.1 Å². The summed E-state index contributed by atoms with van der Waals surface area (Å²) in [6, 6.07) is 18.6. The number of nitrogens with one attached hydrogen (secondary N) is 1. The summed E-state index contributed by atoms with van der Waals surface area (Å²) >= 11 is 6.43. The zero-order chi connectivity index (χ0) is 31.1. The van der Waals surface area contributed by atoms with Crippen LogP contribution in [0.1, 0.15) is 67.7 Å². The monoisotopic (exact) mass is 623 g/mol. The summed E-state index contributed by atoms with van der Waals surface area (Å²) in [6.45, 7) is 7.25. The summed E-state index contributed by atoms with van der Waals surface area (Å²) in [5.74, 6) is -0.681.